The van der Waals surface area contributed by atoms with E-state index in [-0.39, 0.29) is 23.4 Å². The van der Waals surface area contributed by atoms with Gasteiger partial charge >= 0.3 is 6.03 Å². The molecule has 1 unspecified atom stereocenters. The predicted molar refractivity (Wildman–Crippen MR) is 64.5 cm³/mol. The number of likely N-dealkylation sites (tertiary alicyclic amines) is 1. The summed E-state index contributed by atoms with van der Waals surface area (Å²) in [6, 6.07) is -0.344. The van der Waals surface area contributed by atoms with Crippen LogP contribution in [0.5, 0.6) is 0 Å². The number of hydrogen-bond acceptors (Lipinski definition) is 2. The summed E-state index contributed by atoms with van der Waals surface area (Å²) >= 11 is 0. The number of nitrogens with zero attached hydrogens (tertiary/aromatic N) is 1. The fourth-order valence-electron chi connectivity index (χ4n) is 1.89. The molecule has 0 aromatic carbocycles. The molecule has 0 aliphatic carbocycles. The molecule has 4 N–H and O–H groups in total. The minimum Gasteiger partial charge on any atom is -0.386 e. The summed E-state index contributed by atoms with van der Waals surface area (Å²) in [6.07, 6.45) is 2.82. The van der Waals surface area contributed by atoms with Crippen LogP contribution in [0.3, 0.4) is 0 Å². The number of urea groups is 1. The van der Waals surface area contributed by atoms with Crippen LogP contribution in [0.2, 0.25) is 0 Å². The maximum absolute atomic E-state index is 12.0. The van der Waals surface area contributed by atoms with Crippen LogP contribution in [-0.4, -0.2) is 34.9 Å². The van der Waals surface area contributed by atoms with Crippen molar-refractivity contribution in [3.63, 3.8) is 0 Å². The van der Waals surface area contributed by atoms with Crippen LogP contribution >= 0.6 is 0 Å². The monoisotopic (exact) mass is 226 g/mol. The lowest BCUT2D eigenvalue weighted by molar-refractivity contribution is 0.164. The van der Waals surface area contributed by atoms with Gasteiger partial charge in [0.2, 0.25) is 0 Å². The number of amides is 2. The van der Waals surface area contributed by atoms with Gasteiger partial charge in [-0.25, -0.2) is 4.79 Å². The largest absolute Gasteiger partial charge is 0.386 e. The van der Waals surface area contributed by atoms with Gasteiger partial charge in [-0.3, -0.25) is 5.41 Å². The molecule has 2 amide bonds. The highest BCUT2D eigenvalue weighted by molar-refractivity contribution is 5.88. The average molecular weight is 226 g/mol. The molecule has 16 heavy (non-hydrogen) atoms. The summed E-state index contributed by atoms with van der Waals surface area (Å²) in [5, 5.41) is 10.4. The SMILES string of the molecule is CC(C)(C)NC(=O)N1CCCCC1C(=N)N. The van der Waals surface area contributed by atoms with Gasteiger partial charge in [0.1, 0.15) is 5.84 Å². The van der Waals surface area contributed by atoms with Crippen molar-refractivity contribution in [2.45, 2.75) is 51.6 Å². The number of carbonyl (C=O) groups is 1. The minimum absolute atomic E-state index is 0.0868. The van der Waals surface area contributed by atoms with Gasteiger partial charge in [0.25, 0.3) is 0 Å². The van der Waals surface area contributed by atoms with E-state index in [2.05, 4.69) is 5.32 Å². The predicted octanol–water partition coefficient (Wildman–Crippen LogP) is 1.28. The molecule has 0 aromatic heterocycles. The van der Waals surface area contributed by atoms with E-state index in [1.165, 1.54) is 0 Å². The molecule has 0 aromatic rings. The van der Waals surface area contributed by atoms with Crippen LogP contribution in [-0.2, 0) is 0 Å². The molecule has 0 saturated carbocycles. The third kappa shape index (κ3) is 3.40. The smallest absolute Gasteiger partial charge is 0.318 e. The van der Waals surface area contributed by atoms with Gasteiger partial charge in [0, 0.05) is 12.1 Å². The Morgan fingerprint density at radius 2 is 2.06 bits per heavy atom. The Hall–Kier alpha value is -1.26. The molecule has 0 bridgehead atoms. The molecule has 1 saturated heterocycles. The lowest BCUT2D eigenvalue weighted by atomic mass is 10.0. The van der Waals surface area contributed by atoms with E-state index >= 15 is 0 Å². The van der Waals surface area contributed by atoms with Crippen LogP contribution in [0.1, 0.15) is 40.0 Å². The highest BCUT2D eigenvalue weighted by Gasteiger charge is 2.30. The maximum atomic E-state index is 12.0. The van der Waals surface area contributed by atoms with Gasteiger partial charge in [-0.05, 0) is 40.0 Å². The van der Waals surface area contributed by atoms with Crippen LogP contribution in [0.4, 0.5) is 4.79 Å². The van der Waals surface area contributed by atoms with Gasteiger partial charge in [-0.15, -0.1) is 0 Å². The van der Waals surface area contributed by atoms with Crippen molar-refractivity contribution in [2.75, 3.05) is 6.54 Å². The molecule has 5 heteroatoms. The molecule has 1 rings (SSSR count). The minimum atomic E-state index is -0.254. The number of nitrogens with two attached hydrogens (primary N) is 1. The maximum Gasteiger partial charge on any atom is 0.318 e. The summed E-state index contributed by atoms with van der Waals surface area (Å²) in [5.41, 5.74) is 5.27. The van der Waals surface area contributed by atoms with E-state index in [4.69, 9.17) is 11.1 Å². The Kier molecular flexibility index (Phi) is 3.78. The van der Waals surface area contributed by atoms with E-state index in [1.54, 1.807) is 4.90 Å². The zero-order valence-electron chi connectivity index (χ0n) is 10.3. The standard InChI is InChI=1S/C11H22N4O/c1-11(2,3)14-10(16)15-7-5-4-6-8(15)9(12)13/h8H,4-7H2,1-3H3,(H3,12,13)(H,14,16). The van der Waals surface area contributed by atoms with Crippen molar-refractivity contribution in [2.24, 2.45) is 5.73 Å². The molecule has 1 atom stereocenters. The number of carbonyl (C=O) groups excluding carboxylic acids is 1. The molecule has 1 aliphatic heterocycles. The number of nitrogens with one attached hydrogen (secondary N) is 2. The molecule has 1 aliphatic rings. The van der Waals surface area contributed by atoms with Crippen LogP contribution in [0.15, 0.2) is 0 Å². The summed E-state index contributed by atoms with van der Waals surface area (Å²) < 4.78 is 0. The summed E-state index contributed by atoms with van der Waals surface area (Å²) in [4.78, 5) is 13.7. The quantitative estimate of drug-likeness (QED) is 0.465. The van der Waals surface area contributed by atoms with Crippen molar-refractivity contribution >= 4 is 11.9 Å². The average Bonchev–Trinajstić information content (AvgIpc) is 2.15. The lowest BCUT2D eigenvalue weighted by Gasteiger charge is -2.36. The van der Waals surface area contributed by atoms with Crippen molar-refractivity contribution in [1.29, 1.82) is 5.41 Å². The highest BCUT2D eigenvalue weighted by atomic mass is 16.2. The molecule has 0 spiro atoms. The van der Waals surface area contributed by atoms with Crippen molar-refractivity contribution in [3.8, 4) is 0 Å². The zero-order valence-corrected chi connectivity index (χ0v) is 10.3. The summed E-state index contributed by atoms with van der Waals surface area (Å²) in [5.74, 6) is 0.0868. The third-order valence-electron chi connectivity index (χ3n) is 2.60. The number of rotatable bonds is 1. The van der Waals surface area contributed by atoms with E-state index in [1.807, 2.05) is 20.8 Å². The first kappa shape index (κ1) is 12.8. The highest BCUT2D eigenvalue weighted by Crippen LogP contribution is 2.17. The Bertz CT molecular complexity index is 282. The van der Waals surface area contributed by atoms with Gasteiger partial charge < -0.3 is 16.0 Å². The Morgan fingerprint density at radius 3 is 2.56 bits per heavy atom. The lowest BCUT2D eigenvalue weighted by Crippen LogP contribution is -2.56. The van der Waals surface area contributed by atoms with E-state index in [0.717, 1.165) is 19.3 Å². The molecule has 92 valence electrons. The number of hydrogen-bond donors (Lipinski definition) is 3. The van der Waals surface area contributed by atoms with E-state index in [9.17, 15) is 4.79 Å². The fraction of sp³-hybridized carbons (Fsp3) is 0.818. The second-order valence-electron chi connectivity index (χ2n) is 5.34. The van der Waals surface area contributed by atoms with Crippen molar-refractivity contribution < 1.29 is 4.79 Å². The van der Waals surface area contributed by atoms with Gasteiger partial charge in [-0.1, -0.05) is 0 Å². The fourth-order valence-corrected chi connectivity index (χ4v) is 1.89. The summed E-state index contributed by atoms with van der Waals surface area (Å²) in [7, 11) is 0. The van der Waals surface area contributed by atoms with Gasteiger partial charge in [0.15, 0.2) is 0 Å². The van der Waals surface area contributed by atoms with Crippen LogP contribution < -0.4 is 11.1 Å². The van der Waals surface area contributed by atoms with E-state index in [0.29, 0.717) is 6.54 Å². The molecule has 0 radical (unpaired) electrons. The van der Waals surface area contributed by atoms with E-state index < -0.39 is 0 Å². The van der Waals surface area contributed by atoms with Crippen molar-refractivity contribution in [3.05, 3.63) is 0 Å². The molecule has 1 heterocycles. The number of piperidine rings is 1. The Labute approximate surface area is 96.9 Å². The Balaban J connectivity index is 2.68. The first-order valence-electron chi connectivity index (χ1n) is 5.74. The molecular formula is C11H22N4O. The topological polar surface area (TPSA) is 82.2 Å². The second-order valence-corrected chi connectivity index (χ2v) is 5.34. The summed E-state index contributed by atoms with van der Waals surface area (Å²) in [6.45, 7) is 6.51. The first-order valence-corrected chi connectivity index (χ1v) is 5.74. The Morgan fingerprint density at radius 1 is 1.44 bits per heavy atom. The third-order valence-corrected chi connectivity index (χ3v) is 2.60. The number of amidine groups is 1. The van der Waals surface area contributed by atoms with Crippen LogP contribution in [0, 0.1) is 5.41 Å². The van der Waals surface area contributed by atoms with Crippen molar-refractivity contribution in [1.82, 2.24) is 10.2 Å². The molecule has 1 fully saturated rings. The molecular weight excluding hydrogens is 204 g/mol. The second kappa shape index (κ2) is 4.72. The van der Waals surface area contributed by atoms with Gasteiger partial charge in [0.05, 0.1) is 6.04 Å². The van der Waals surface area contributed by atoms with Gasteiger partial charge in [-0.2, -0.15) is 0 Å². The first-order chi connectivity index (χ1) is 7.31. The van der Waals surface area contributed by atoms with Crippen LogP contribution in [0.25, 0.3) is 0 Å². The molecule has 5 nitrogen and oxygen atoms in total. The zero-order chi connectivity index (χ0) is 12.3. The normalized spacial score (nSPS) is 21.7.